The summed E-state index contributed by atoms with van der Waals surface area (Å²) in [4.78, 5) is 25.9. The summed E-state index contributed by atoms with van der Waals surface area (Å²) in [5.74, 6) is -0.356. The van der Waals surface area contributed by atoms with Crippen LogP contribution in [-0.4, -0.2) is 42.0 Å². The molecule has 1 aliphatic rings. The van der Waals surface area contributed by atoms with E-state index >= 15 is 0 Å². The first-order chi connectivity index (χ1) is 11.5. The minimum absolute atomic E-state index is 0. The van der Waals surface area contributed by atoms with Crippen molar-refractivity contribution in [2.45, 2.75) is 44.7 Å². The molecule has 25 heavy (non-hydrogen) atoms. The van der Waals surface area contributed by atoms with E-state index in [1.807, 2.05) is 6.92 Å². The number of carbonyl (C=O) groups is 2. The van der Waals surface area contributed by atoms with Crippen LogP contribution in [0.15, 0.2) is 24.3 Å². The van der Waals surface area contributed by atoms with E-state index in [9.17, 15) is 14.0 Å². The number of amides is 3. The first-order valence-electron chi connectivity index (χ1n) is 8.37. The van der Waals surface area contributed by atoms with Crippen LogP contribution in [0.4, 0.5) is 14.9 Å². The third kappa shape index (κ3) is 6.51. The summed E-state index contributed by atoms with van der Waals surface area (Å²) in [6, 6.07) is 4.85. The van der Waals surface area contributed by atoms with E-state index in [1.165, 1.54) is 24.3 Å². The number of likely N-dealkylation sites (tertiary alicyclic amines) is 1. The van der Waals surface area contributed by atoms with Crippen molar-refractivity contribution in [3.63, 3.8) is 0 Å². The van der Waals surface area contributed by atoms with Crippen molar-refractivity contribution in [3.05, 3.63) is 30.1 Å². The van der Waals surface area contributed by atoms with Crippen LogP contribution in [0.1, 0.15) is 32.6 Å². The molecule has 6 nitrogen and oxygen atoms in total. The number of carbonyl (C=O) groups excluding carboxylic acids is 2. The Kier molecular flexibility index (Phi) is 8.65. The second kappa shape index (κ2) is 10.2. The van der Waals surface area contributed by atoms with E-state index in [4.69, 9.17) is 5.73 Å². The number of hydrogen-bond acceptors (Lipinski definition) is 3. The maximum Gasteiger partial charge on any atom is 0.319 e. The fraction of sp³-hybridized carbons (Fsp3) is 0.529. The van der Waals surface area contributed by atoms with Crippen molar-refractivity contribution in [1.29, 1.82) is 0 Å². The van der Waals surface area contributed by atoms with Crippen molar-refractivity contribution in [2.24, 2.45) is 5.73 Å². The summed E-state index contributed by atoms with van der Waals surface area (Å²) in [5, 5.41) is 5.55. The quantitative estimate of drug-likeness (QED) is 0.742. The number of nitrogens with one attached hydrogen (secondary N) is 2. The lowest BCUT2D eigenvalue weighted by Gasteiger charge is -2.33. The minimum Gasteiger partial charge on any atom is -0.341 e. The molecule has 1 aromatic rings. The minimum atomic E-state index is -0.429. The van der Waals surface area contributed by atoms with Gasteiger partial charge in [-0.2, -0.15) is 0 Å². The second-order valence-corrected chi connectivity index (χ2v) is 6.10. The maximum absolute atomic E-state index is 12.8. The van der Waals surface area contributed by atoms with E-state index in [0.717, 1.165) is 6.42 Å². The summed E-state index contributed by atoms with van der Waals surface area (Å²) in [6.07, 6.45) is 2.97. The molecule has 3 amide bonds. The van der Waals surface area contributed by atoms with Crippen LogP contribution in [0.3, 0.4) is 0 Å². The maximum atomic E-state index is 12.8. The molecule has 0 spiro atoms. The number of nitrogens with two attached hydrogens (primary N) is 1. The predicted octanol–water partition coefficient (Wildman–Crippen LogP) is 2.49. The van der Waals surface area contributed by atoms with Gasteiger partial charge in [-0.05, 0) is 43.5 Å². The van der Waals surface area contributed by atoms with Gasteiger partial charge in [-0.25, -0.2) is 9.18 Å². The summed E-state index contributed by atoms with van der Waals surface area (Å²) in [5.41, 5.74) is 6.41. The van der Waals surface area contributed by atoms with Gasteiger partial charge in [-0.1, -0.05) is 13.3 Å². The van der Waals surface area contributed by atoms with Crippen molar-refractivity contribution in [2.75, 3.05) is 18.4 Å². The SMILES string of the molecule is CCCC(N)C(=O)N1CCC(NC(=O)Nc2ccc(F)cc2)CC1.Cl. The summed E-state index contributed by atoms with van der Waals surface area (Å²) < 4.78 is 12.8. The van der Waals surface area contributed by atoms with E-state index in [1.54, 1.807) is 4.90 Å². The second-order valence-electron chi connectivity index (χ2n) is 6.10. The Morgan fingerprint density at radius 3 is 2.44 bits per heavy atom. The van der Waals surface area contributed by atoms with Gasteiger partial charge in [0, 0.05) is 24.8 Å². The van der Waals surface area contributed by atoms with Crippen molar-refractivity contribution in [3.8, 4) is 0 Å². The van der Waals surface area contributed by atoms with Crippen LogP contribution in [0, 0.1) is 5.82 Å². The Hall–Kier alpha value is -1.86. The average Bonchev–Trinajstić information content (AvgIpc) is 2.57. The number of piperidine rings is 1. The lowest BCUT2D eigenvalue weighted by molar-refractivity contribution is -0.133. The van der Waals surface area contributed by atoms with Gasteiger partial charge >= 0.3 is 6.03 Å². The zero-order chi connectivity index (χ0) is 17.5. The molecule has 0 aromatic heterocycles. The first kappa shape index (κ1) is 21.2. The molecular formula is C17H26ClFN4O2. The van der Waals surface area contributed by atoms with Crippen LogP contribution in [0.25, 0.3) is 0 Å². The molecule has 8 heteroatoms. The molecule has 1 unspecified atom stereocenters. The Bertz CT molecular complexity index is 562. The van der Waals surface area contributed by atoms with Gasteiger partial charge in [0.2, 0.25) is 5.91 Å². The van der Waals surface area contributed by atoms with Gasteiger partial charge < -0.3 is 21.3 Å². The normalized spacial score (nSPS) is 15.9. The van der Waals surface area contributed by atoms with E-state index in [2.05, 4.69) is 10.6 Å². The first-order valence-corrected chi connectivity index (χ1v) is 8.37. The third-order valence-electron chi connectivity index (χ3n) is 4.16. The molecule has 0 bridgehead atoms. The molecule has 1 saturated heterocycles. The molecule has 1 fully saturated rings. The molecule has 0 aliphatic carbocycles. The van der Waals surface area contributed by atoms with E-state index in [0.29, 0.717) is 38.0 Å². The van der Waals surface area contributed by atoms with Crippen LogP contribution in [0.2, 0.25) is 0 Å². The number of halogens is 2. The summed E-state index contributed by atoms with van der Waals surface area (Å²) >= 11 is 0. The van der Waals surface area contributed by atoms with Gasteiger partial charge in [0.15, 0.2) is 0 Å². The Morgan fingerprint density at radius 2 is 1.88 bits per heavy atom. The topological polar surface area (TPSA) is 87.5 Å². The molecule has 140 valence electrons. The van der Waals surface area contributed by atoms with Crippen molar-refractivity contribution in [1.82, 2.24) is 10.2 Å². The molecule has 1 heterocycles. The zero-order valence-corrected chi connectivity index (χ0v) is 15.2. The smallest absolute Gasteiger partial charge is 0.319 e. The van der Waals surface area contributed by atoms with Gasteiger partial charge in [-0.3, -0.25) is 4.79 Å². The zero-order valence-electron chi connectivity index (χ0n) is 14.3. The lowest BCUT2D eigenvalue weighted by Crippen LogP contribution is -2.51. The van der Waals surface area contributed by atoms with Crippen molar-refractivity contribution < 1.29 is 14.0 Å². The molecule has 2 rings (SSSR count). The van der Waals surface area contributed by atoms with Crippen LogP contribution in [-0.2, 0) is 4.79 Å². The molecule has 1 aliphatic heterocycles. The van der Waals surface area contributed by atoms with Gasteiger partial charge in [0.25, 0.3) is 0 Å². The highest BCUT2D eigenvalue weighted by Gasteiger charge is 2.26. The Morgan fingerprint density at radius 1 is 1.28 bits per heavy atom. The number of urea groups is 1. The van der Waals surface area contributed by atoms with Gasteiger partial charge in [0.1, 0.15) is 5.82 Å². The number of anilines is 1. The number of benzene rings is 1. The van der Waals surface area contributed by atoms with E-state index in [-0.39, 0.29) is 36.2 Å². The highest BCUT2D eigenvalue weighted by atomic mass is 35.5. The lowest BCUT2D eigenvalue weighted by atomic mass is 10.0. The van der Waals surface area contributed by atoms with Crippen LogP contribution in [0.5, 0.6) is 0 Å². The predicted molar refractivity (Wildman–Crippen MR) is 98.3 cm³/mol. The highest BCUT2D eigenvalue weighted by Crippen LogP contribution is 2.13. The van der Waals surface area contributed by atoms with Crippen LogP contribution >= 0.6 is 12.4 Å². The molecular weight excluding hydrogens is 347 g/mol. The molecule has 0 saturated carbocycles. The fourth-order valence-electron chi connectivity index (χ4n) is 2.80. The van der Waals surface area contributed by atoms with Gasteiger partial charge in [-0.15, -0.1) is 12.4 Å². The summed E-state index contributed by atoms with van der Waals surface area (Å²) in [6.45, 7) is 3.19. The van der Waals surface area contributed by atoms with Crippen molar-refractivity contribution >= 4 is 30.0 Å². The standard InChI is InChI=1S/C17H25FN4O2.ClH/c1-2-3-15(19)16(23)22-10-8-14(9-11-22)21-17(24)20-13-6-4-12(18)5-7-13;/h4-7,14-15H,2-3,8-11,19H2,1H3,(H2,20,21,24);1H. The number of rotatable bonds is 5. The number of nitrogens with zero attached hydrogens (tertiary/aromatic N) is 1. The fourth-order valence-corrected chi connectivity index (χ4v) is 2.80. The van der Waals surface area contributed by atoms with E-state index < -0.39 is 6.04 Å². The largest absolute Gasteiger partial charge is 0.341 e. The highest BCUT2D eigenvalue weighted by molar-refractivity contribution is 5.89. The Balaban J connectivity index is 0.00000312. The molecule has 1 aromatic carbocycles. The average molecular weight is 373 g/mol. The van der Waals surface area contributed by atoms with Crippen LogP contribution < -0.4 is 16.4 Å². The Labute approximate surface area is 153 Å². The molecule has 0 radical (unpaired) electrons. The van der Waals surface area contributed by atoms with Gasteiger partial charge in [0.05, 0.1) is 6.04 Å². The monoisotopic (exact) mass is 372 g/mol. The number of hydrogen-bond donors (Lipinski definition) is 3. The summed E-state index contributed by atoms with van der Waals surface area (Å²) in [7, 11) is 0. The molecule has 1 atom stereocenters. The molecule has 4 N–H and O–H groups in total. The third-order valence-corrected chi connectivity index (χ3v) is 4.16.